The molecule has 0 amide bonds. The van der Waals surface area contributed by atoms with Gasteiger partial charge >= 0.3 is 0 Å². The number of nitrogens with one attached hydrogen (secondary N) is 2. The molecule has 2 N–H and O–H groups in total. The molecular formula is C18H22N6. The molecule has 1 saturated carbocycles. The van der Waals surface area contributed by atoms with E-state index in [0.717, 1.165) is 28.5 Å². The van der Waals surface area contributed by atoms with E-state index < -0.39 is 0 Å². The van der Waals surface area contributed by atoms with Gasteiger partial charge in [-0.05, 0) is 31.9 Å². The summed E-state index contributed by atoms with van der Waals surface area (Å²) in [5.41, 5.74) is 2.88. The van der Waals surface area contributed by atoms with E-state index in [2.05, 4.69) is 20.7 Å². The zero-order chi connectivity index (χ0) is 16.4. The molecule has 0 spiro atoms. The van der Waals surface area contributed by atoms with Gasteiger partial charge in [0.1, 0.15) is 11.6 Å². The van der Waals surface area contributed by atoms with Gasteiger partial charge in [-0.2, -0.15) is 9.61 Å². The molecule has 0 aromatic carbocycles. The first kappa shape index (κ1) is 14.9. The Bertz CT molecular complexity index is 820. The van der Waals surface area contributed by atoms with Gasteiger partial charge in [-0.15, -0.1) is 0 Å². The molecule has 0 saturated heterocycles. The van der Waals surface area contributed by atoms with Gasteiger partial charge in [-0.3, -0.25) is 4.98 Å². The van der Waals surface area contributed by atoms with Crippen molar-refractivity contribution in [1.29, 1.82) is 0 Å². The second-order valence-corrected chi connectivity index (χ2v) is 6.44. The zero-order valence-electron chi connectivity index (χ0n) is 13.9. The molecule has 1 aliphatic rings. The average molecular weight is 322 g/mol. The molecule has 0 atom stereocenters. The summed E-state index contributed by atoms with van der Waals surface area (Å²) in [6, 6.07) is 6.45. The quantitative estimate of drug-likeness (QED) is 0.762. The van der Waals surface area contributed by atoms with E-state index in [4.69, 9.17) is 4.98 Å². The molecular weight excluding hydrogens is 300 g/mol. The average Bonchev–Trinajstić information content (AvgIpc) is 2.98. The number of aromatic nitrogens is 4. The fourth-order valence-electron chi connectivity index (χ4n) is 3.28. The monoisotopic (exact) mass is 322 g/mol. The molecule has 0 unspecified atom stereocenters. The van der Waals surface area contributed by atoms with Crippen LogP contribution in [0.5, 0.6) is 0 Å². The van der Waals surface area contributed by atoms with E-state index in [1.807, 2.05) is 35.8 Å². The molecule has 24 heavy (non-hydrogen) atoms. The minimum absolute atomic E-state index is 0.517. The van der Waals surface area contributed by atoms with Gasteiger partial charge in [0.15, 0.2) is 5.65 Å². The van der Waals surface area contributed by atoms with Gasteiger partial charge in [-0.25, -0.2) is 4.98 Å². The standard InChI is InChI=1S/C18H22N6/c1-13-11-20-24-17(22-15-8-5-9-19-12-15)10-16(23-18(13)24)21-14-6-3-2-4-7-14/h5,8-12,14,22H,2-4,6-7H2,1H3,(H,21,23). The van der Waals surface area contributed by atoms with Crippen molar-refractivity contribution >= 4 is 23.0 Å². The Morgan fingerprint density at radius 2 is 2.04 bits per heavy atom. The van der Waals surface area contributed by atoms with E-state index in [-0.39, 0.29) is 0 Å². The van der Waals surface area contributed by atoms with E-state index in [1.54, 1.807) is 12.4 Å². The fourth-order valence-corrected chi connectivity index (χ4v) is 3.28. The molecule has 3 aromatic rings. The fraction of sp³-hybridized carbons (Fsp3) is 0.389. The van der Waals surface area contributed by atoms with Crippen molar-refractivity contribution in [2.75, 3.05) is 10.6 Å². The first-order valence-corrected chi connectivity index (χ1v) is 8.58. The lowest BCUT2D eigenvalue weighted by atomic mass is 9.95. The van der Waals surface area contributed by atoms with Crippen LogP contribution in [0.3, 0.4) is 0 Å². The topological polar surface area (TPSA) is 67.1 Å². The van der Waals surface area contributed by atoms with Crippen molar-refractivity contribution in [3.8, 4) is 0 Å². The van der Waals surface area contributed by atoms with Crippen LogP contribution in [0.25, 0.3) is 5.65 Å². The Hall–Kier alpha value is -2.63. The van der Waals surface area contributed by atoms with Crippen molar-refractivity contribution in [3.05, 3.63) is 42.4 Å². The van der Waals surface area contributed by atoms with Crippen LogP contribution in [0.2, 0.25) is 0 Å². The van der Waals surface area contributed by atoms with Crippen LogP contribution in [0.1, 0.15) is 37.7 Å². The summed E-state index contributed by atoms with van der Waals surface area (Å²) in [5.74, 6) is 1.80. The first-order valence-electron chi connectivity index (χ1n) is 8.58. The molecule has 1 fully saturated rings. The number of nitrogens with zero attached hydrogens (tertiary/aromatic N) is 4. The molecule has 0 bridgehead atoms. The predicted molar refractivity (Wildman–Crippen MR) is 95.7 cm³/mol. The predicted octanol–water partition coefficient (Wildman–Crippen LogP) is 3.92. The highest BCUT2D eigenvalue weighted by Crippen LogP contribution is 2.25. The molecule has 3 heterocycles. The van der Waals surface area contributed by atoms with E-state index in [0.29, 0.717) is 6.04 Å². The highest BCUT2D eigenvalue weighted by Gasteiger charge is 2.16. The Morgan fingerprint density at radius 3 is 2.83 bits per heavy atom. The van der Waals surface area contributed by atoms with Crippen molar-refractivity contribution in [2.24, 2.45) is 0 Å². The van der Waals surface area contributed by atoms with Crippen LogP contribution in [0, 0.1) is 6.92 Å². The number of anilines is 3. The molecule has 0 radical (unpaired) electrons. The second-order valence-electron chi connectivity index (χ2n) is 6.44. The number of hydrogen-bond acceptors (Lipinski definition) is 5. The summed E-state index contributed by atoms with van der Waals surface area (Å²) in [5, 5.41) is 11.4. The van der Waals surface area contributed by atoms with Crippen LogP contribution in [0.15, 0.2) is 36.8 Å². The van der Waals surface area contributed by atoms with Crippen molar-refractivity contribution < 1.29 is 0 Å². The SMILES string of the molecule is Cc1cnn2c(Nc3cccnc3)cc(NC3CCCCC3)nc12. The van der Waals surface area contributed by atoms with Gasteiger partial charge < -0.3 is 10.6 Å². The third-order valence-corrected chi connectivity index (χ3v) is 4.54. The van der Waals surface area contributed by atoms with Gasteiger partial charge in [-0.1, -0.05) is 19.3 Å². The Kier molecular flexibility index (Phi) is 4.02. The van der Waals surface area contributed by atoms with E-state index >= 15 is 0 Å². The first-order chi connectivity index (χ1) is 11.8. The maximum absolute atomic E-state index is 4.76. The number of pyridine rings is 1. The second kappa shape index (κ2) is 6.47. The normalized spacial score (nSPS) is 15.5. The summed E-state index contributed by atoms with van der Waals surface area (Å²) < 4.78 is 1.84. The maximum Gasteiger partial charge on any atom is 0.162 e. The van der Waals surface area contributed by atoms with Crippen molar-refractivity contribution in [3.63, 3.8) is 0 Å². The van der Waals surface area contributed by atoms with Gasteiger partial charge in [0.2, 0.25) is 0 Å². The largest absolute Gasteiger partial charge is 0.367 e. The Morgan fingerprint density at radius 1 is 1.17 bits per heavy atom. The van der Waals surface area contributed by atoms with Gasteiger partial charge in [0, 0.05) is 23.9 Å². The number of hydrogen-bond donors (Lipinski definition) is 2. The highest BCUT2D eigenvalue weighted by atomic mass is 15.3. The van der Waals surface area contributed by atoms with Crippen molar-refractivity contribution in [2.45, 2.75) is 45.1 Å². The third kappa shape index (κ3) is 3.04. The molecule has 0 aliphatic heterocycles. The molecule has 4 rings (SSSR count). The molecule has 6 heteroatoms. The number of rotatable bonds is 4. The van der Waals surface area contributed by atoms with Gasteiger partial charge in [0.05, 0.1) is 18.1 Å². The lowest BCUT2D eigenvalue weighted by Crippen LogP contribution is -2.23. The minimum Gasteiger partial charge on any atom is -0.367 e. The smallest absolute Gasteiger partial charge is 0.162 e. The van der Waals surface area contributed by atoms with Crippen LogP contribution in [-0.2, 0) is 0 Å². The lowest BCUT2D eigenvalue weighted by Gasteiger charge is -2.23. The highest BCUT2D eigenvalue weighted by molar-refractivity contribution is 5.64. The molecule has 6 nitrogen and oxygen atoms in total. The Labute approximate surface area is 141 Å². The van der Waals surface area contributed by atoms with Crippen LogP contribution in [0.4, 0.5) is 17.3 Å². The van der Waals surface area contributed by atoms with Gasteiger partial charge in [0.25, 0.3) is 0 Å². The van der Waals surface area contributed by atoms with E-state index in [9.17, 15) is 0 Å². The number of aryl methyl sites for hydroxylation is 1. The Balaban J connectivity index is 1.68. The third-order valence-electron chi connectivity index (χ3n) is 4.54. The molecule has 3 aromatic heterocycles. The summed E-state index contributed by atoms with van der Waals surface area (Å²) in [6.07, 6.45) is 11.8. The van der Waals surface area contributed by atoms with Crippen LogP contribution in [-0.4, -0.2) is 25.6 Å². The maximum atomic E-state index is 4.76. The zero-order valence-corrected chi connectivity index (χ0v) is 13.9. The molecule has 1 aliphatic carbocycles. The van der Waals surface area contributed by atoms with E-state index in [1.165, 1.54) is 32.1 Å². The summed E-state index contributed by atoms with van der Waals surface area (Å²) in [6.45, 7) is 2.04. The van der Waals surface area contributed by atoms with Crippen LogP contribution >= 0.6 is 0 Å². The minimum atomic E-state index is 0.517. The van der Waals surface area contributed by atoms with Crippen molar-refractivity contribution in [1.82, 2.24) is 19.6 Å². The molecule has 124 valence electrons. The number of fused-ring (bicyclic) bond motifs is 1. The summed E-state index contributed by atoms with van der Waals surface area (Å²) >= 11 is 0. The summed E-state index contributed by atoms with van der Waals surface area (Å²) in [4.78, 5) is 8.92. The summed E-state index contributed by atoms with van der Waals surface area (Å²) in [7, 11) is 0. The van der Waals surface area contributed by atoms with Crippen LogP contribution < -0.4 is 10.6 Å². The lowest BCUT2D eigenvalue weighted by molar-refractivity contribution is 0.462.